The molecule has 0 aliphatic heterocycles. The summed E-state index contributed by atoms with van der Waals surface area (Å²) >= 11 is 0. The first kappa shape index (κ1) is 22.4. The number of carbonyl (C=O) groups is 3. The van der Waals surface area contributed by atoms with E-state index in [-0.39, 0.29) is 24.9 Å². The van der Waals surface area contributed by atoms with Gasteiger partial charge < -0.3 is 14.8 Å². The van der Waals surface area contributed by atoms with Crippen LogP contribution in [0.15, 0.2) is 24.3 Å². The normalized spacial score (nSPS) is 10.6. The quantitative estimate of drug-likeness (QED) is 0.500. The average Bonchev–Trinajstić information content (AvgIpc) is 2.81. The lowest BCUT2D eigenvalue weighted by Gasteiger charge is -2.09. The van der Waals surface area contributed by atoms with Crippen LogP contribution in [0.5, 0.6) is 0 Å². The molecule has 2 aliphatic carbocycles. The molecule has 29 heavy (non-hydrogen) atoms. The van der Waals surface area contributed by atoms with Crippen molar-refractivity contribution in [2.24, 2.45) is 0 Å². The van der Waals surface area contributed by atoms with Gasteiger partial charge in [-0.1, -0.05) is 44.0 Å². The number of ether oxygens (including phenoxy) is 2. The van der Waals surface area contributed by atoms with Gasteiger partial charge in [-0.3, -0.25) is 9.59 Å². The van der Waals surface area contributed by atoms with Crippen molar-refractivity contribution in [2.75, 3.05) is 19.0 Å². The number of fused-ring (bicyclic) bond motifs is 1. The van der Waals surface area contributed by atoms with Gasteiger partial charge in [-0.2, -0.15) is 0 Å². The molecule has 0 unspecified atom stereocenters. The second kappa shape index (κ2) is 10.6. The minimum atomic E-state index is -0.469. The number of nitrogens with one attached hydrogen (secondary N) is 1. The molecule has 0 radical (unpaired) electrons. The SMILES string of the molecule is CCCCCc1c2ccc(CC(=O)OC)ccc-2c(C(=O)OCC)c1NC(C)=O. The molecule has 6 heteroatoms. The summed E-state index contributed by atoms with van der Waals surface area (Å²) in [4.78, 5) is 36.3. The van der Waals surface area contributed by atoms with E-state index >= 15 is 0 Å². The van der Waals surface area contributed by atoms with Crippen LogP contribution in [0.4, 0.5) is 5.69 Å². The van der Waals surface area contributed by atoms with E-state index in [9.17, 15) is 14.4 Å². The van der Waals surface area contributed by atoms with Crippen molar-refractivity contribution >= 4 is 23.5 Å². The van der Waals surface area contributed by atoms with Gasteiger partial charge in [-0.25, -0.2) is 4.79 Å². The van der Waals surface area contributed by atoms with Crippen LogP contribution in [-0.2, 0) is 31.9 Å². The number of anilines is 1. The molecule has 0 aromatic carbocycles. The lowest BCUT2D eigenvalue weighted by Crippen LogP contribution is -2.12. The van der Waals surface area contributed by atoms with Gasteiger partial charge in [-0.15, -0.1) is 0 Å². The third-order valence-corrected chi connectivity index (χ3v) is 4.75. The predicted molar refractivity (Wildman–Crippen MR) is 112 cm³/mol. The van der Waals surface area contributed by atoms with Crippen molar-refractivity contribution in [1.82, 2.24) is 0 Å². The van der Waals surface area contributed by atoms with Crippen molar-refractivity contribution in [1.29, 1.82) is 0 Å². The Morgan fingerprint density at radius 3 is 2.28 bits per heavy atom. The molecule has 0 fully saturated rings. The van der Waals surface area contributed by atoms with Gasteiger partial charge in [0.1, 0.15) is 0 Å². The van der Waals surface area contributed by atoms with Crippen LogP contribution in [0.3, 0.4) is 0 Å². The second-order valence-electron chi connectivity index (χ2n) is 6.91. The molecule has 1 N–H and O–H groups in total. The van der Waals surface area contributed by atoms with Gasteiger partial charge in [0.2, 0.25) is 5.91 Å². The molecule has 0 aromatic heterocycles. The molecule has 6 nitrogen and oxygen atoms in total. The predicted octanol–water partition coefficient (Wildman–Crippen LogP) is 4.37. The first-order valence-corrected chi connectivity index (χ1v) is 10.0. The molecular formula is C23H29NO5. The van der Waals surface area contributed by atoms with E-state index in [2.05, 4.69) is 12.2 Å². The minimum Gasteiger partial charge on any atom is -0.469 e. The number of methoxy groups -OCH3 is 1. The molecular weight excluding hydrogens is 370 g/mol. The topological polar surface area (TPSA) is 81.7 Å². The van der Waals surface area contributed by atoms with Crippen LogP contribution in [0.25, 0.3) is 11.1 Å². The van der Waals surface area contributed by atoms with E-state index in [1.54, 1.807) is 13.0 Å². The van der Waals surface area contributed by atoms with Crippen LogP contribution in [0, 0.1) is 0 Å². The largest absolute Gasteiger partial charge is 0.469 e. The highest BCUT2D eigenvalue weighted by molar-refractivity contribution is 6.10. The molecule has 0 aromatic rings. The Balaban J connectivity index is 2.66. The number of unbranched alkanes of at least 4 members (excludes halogenated alkanes) is 2. The first-order valence-electron chi connectivity index (χ1n) is 10.0. The smallest absolute Gasteiger partial charge is 0.340 e. The number of hydrogen-bond acceptors (Lipinski definition) is 5. The molecule has 0 bridgehead atoms. The van der Waals surface area contributed by atoms with Crippen LogP contribution in [0.2, 0.25) is 0 Å². The highest BCUT2D eigenvalue weighted by Crippen LogP contribution is 2.42. The standard InChI is InChI=1S/C23H29NO5/c1-5-7-8-9-19-17-12-10-16(14-20(26)28-4)11-13-18(17)21(23(27)29-6-2)22(19)24-15(3)25/h10-13H,5-9,14H2,1-4H3,(H,24,25). The lowest BCUT2D eigenvalue weighted by molar-refractivity contribution is -0.139. The van der Waals surface area contributed by atoms with E-state index < -0.39 is 5.97 Å². The number of esters is 2. The molecule has 2 aliphatic rings. The van der Waals surface area contributed by atoms with Crippen LogP contribution in [0.1, 0.15) is 61.5 Å². The summed E-state index contributed by atoms with van der Waals surface area (Å²) < 4.78 is 10.0. The number of rotatable bonds is 9. The van der Waals surface area contributed by atoms with Gasteiger partial charge >= 0.3 is 11.9 Å². The Labute approximate surface area is 171 Å². The van der Waals surface area contributed by atoms with Gasteiger partial charge in [0.15, 0.2) is 0 Å². The Hall–Kier alpha value is -2.89. The van der Waals surface area contributed by atoms with E-state index in [4.69, 9.17) is 9.47 Å². The molecule has 0 heterocycles. The van der Waals surface area contributed by atoms with Gasteiger partial charge in [-0.05, 0) is 42.0 Å². The maximum atomic E-state index is 12.8. The average molecular weight is 399 g/mol. The fourth-order valence-corrected chi connectivity index (χ4v) is 3.41. The van der Waals surface area contributed by atoms with E-state index in [0.717, 1.165) is 42.4 Å². The monoisotopic (exact) mass is 399 g/mol. The highest BCUT2D eigenvalue weighted by atomic mass is 16.5. The molecule has 0 saturated heterocycles. The minimum absolute atomic E-state index is 0.145. The zero-order chi connectivity index (χ0) is 21.4. The Bertz CT molecular complexity index is 859. The van der Waals surface area contributed by atoms with Crippen molar-refractivity contribution in [3.8, 4) is 11.1 Å². The second-order valence-corrected chi connectivity index (χ2v) is 6.91. The summed E-state index contributed by atoms with van der Waals surface area (Å²) in [6.07, 6.45) is 3.93. The maximum Gasteiger partial charge on any atom is 0.340 e. The van der Waals surface area contributed by atoms with E-state index in [1.807, 2.05) is 18.2 Å². The summed E-state index contributed by atoms with van der Waals surface area (Å²) in [7, 11) is 1.35. The Morgan fingerprint density at radius 1 is 1.00 bits per heavy atom. The van der Waals surface area contributed by atoms with Crippen molar-refractivity contribution < 1.29 is 23.9 Å². The van der Waals surface area contributed by atoms with Crippen LogP contribution < -0.4 is 5.32 Å². The van der Waals surface area contributed by atoms with Crippen molar-refractivity contribution in [2.45, 2.75) is 52.9 Å². The van der Waals surface area contributed by atoms with Crippen LogP contribution >= 0.6 is 0 Å². The lowest BCUT2D eigenvalue weighted by atomic mass is 10.0. The third-order valence-electron chi connectivity index (χ3n) is 4.75. The number of amides is 1. The molecule has 2 rings (SSSR count). The molecule has 1 amide bonds. The van der Waals surface area contributed by atoms with Gasteiger partial charge in [0, 0.05) is 6.92 Å². The number of carbonyl (C=O) groups excluding carboxylic acids is 3. The van der Waals surface area contributed by atoms with Crippen LogP contribution in [-0.4, -0.2) is 31.6 Å². The fourth-order valence-electron chi connectivity index (χ4n) is 3.41. The van der Waals surface area contributed by atoms with Gasteiger partial charge in [0.25, 0.3) is 0 Å². The van der Waals surface area contributed by atoms with E-state index in [1.165, 1.54) is 14.0 Å². The maximum absolute atomic E-state index is 12.8. The number of hydrogen-bond donors (Lipinski definition) is 1. The highest BCUT2D eigenvalue weighted by Gasteiger charge is 2.28. The van der Waals surface area contributed by atoms with Crippen molar-refractivity contribution in [3.63, 3.8) is 0 Å². The molecule has 0 saturated carbocycles. The van der Waals surface area contributed by atoms with Crippen molar-refractivity contribution in [3.05, 3.63) is 41.0 Å². The molecule has 156 valence electrons. The summed E-state index contributed by atoms with van der Waals surface area (Å²) in [6.45, 7) is 5.54. The summed E-state index contributed by atoms with van der Waals surface area (Å²) in [5.41, 5.74) is 4.18. The Kier molecular flexibility index (Phi) is 8.19. The molecule has 0 spiro atoms. The first-order chi connectivity index (χ1) is 13.9. The summed E-state index contributed by atoms with van der Waals surface area (Å²) in [5, 5.41) is 2.85. The third kappa shape index (κ3) is 5.56. The summed E-state index contributed by atoms with van der Waals surface area (Å²) in [6, 6.07) is 7.38. The molecule has 0 atom stereocenters. The zero-order valence-corrected chi connectivity index (χ0v) is 17.6. The van der Waals surface area contributed by atoms with Gasteiger partial charge in [0.05, 0.1) is 31.4 Å². The van der Waals surface area contributed by atoms with E-state index in [0.29, 0.717) is 16.8 Å². The fraction of sp³-hybridized carbons (Fsp3) is 0.435. The zero-order valence-electron chi connectivity index (χ0n) is 17.6. The summed E-state index contributed by atoms with van der Waals surface area (Å²) in [5.74, 6) is -1.04. The Morgan fingerprint density at radius 2 is 1.69 bits per heavy atom.